The van der Waals surface area contributed by atoms with E-state index >= 15 is 0 Å². The van der Waals surface area contributed by atoms with Gasteiger partial charge in [-0.25, -0.2) is 0 Å². The number of benzene rings is 1. The normalized spacial score (nSPS) is 10.6. The van der Waals surface area contributed by atoms with Crippen molar-refractivity contribution in [3.63, 3.8) is 0 Å². The van der Waals surface area contributed by atoms with E-state index in [1.807, 2.05) is 24.3 Å². The van der Waals surface area contributed by atoms with Gasteiger partial charge in [0, 0.05) is 50.9 Å². The average Bonchev–Trinajstić information content (AvgIpc) is 2.55. The number of nitrogens with zero attached hydrogens (tertiary/aromatic N) is 2. The summed E-state index contributed by atoms with van der Waals surface area (Å²) in [6.45, 7) is 12.8. The van der Waals surface area contributed by atoms with Crippen LogP contribution < -0.4 is 15.1 Å². The minimum Gasteiger partial charge on any atom is -0.372 e. The molecule has 1 rings (SSSR count). The Bertz CT molecular complexity index is 522. The minimum atomic E-state index is -0.0535. The number of nitrogens with one attached hydrogen (secondary N) is 1. The molecule has 0 fully saturated rings. The van der Waals surface area contributed by atoms with Gasteiger partial charge in [-0.2, -0.15) is 0 Å². The molecule has 1 aromatic carbocycles. The summed E-state index contributed by atoms with van der Waals surface area (Å²) in [6, 6.07) is 7.94. The molecule has 0 heterocycles. The van der Waals surface area contributed by atoms with Crippen LogP contribution in [0.5, 0.6) is 0 Å². The Kier molecular flexibility index (Phi) is 8.30. The van der Waals surface area contributed by atoms with Gasteiger partial charge in [0.15, 0.2) is 0 Å². The highest BCUT2D eigenvalue weighted by Crippen LogP contribution is 2.21. The molecule has 0 saturated carbocycles. The highest BCUT2D eigenvalue weighted by molar-refractivity contribution is 5.92. The fourth-order valence-corrected chi connectivity index (χ4v) is 2.52. The van der Waals surface area contributed by atoms with E-state index in [1.165, 1.54) is 6.92 Å². The van der Waals surface area contributed by atoms with Gasteiger partial charge < -0.3 is 15.1 Å². The van der Waals surface area contributed by atoms with Gasteiger partial charge in [-0.05, 0) is 44.0 Å². The summed E-state index contributed by atoms with van der Waals surface area (Å²) in [4.78, 5) is 27.7. The van der Waals surface area contributed by atoms with Gasteiger partial charge in [0.1, 0.15) is 0 Å². The van der Waals surface area contributed by atoms with Gasteiger partial charge in [-0.1, -0.05) is 13.8 Å². The Balaban J connectivity index is 2.71. The summed E-state index contributed by atoms with van der Waals surface area (Å²) >= 11 is 0. The molecule has 0 radical (unpaired) electrons. The predicted molar refractivity (Wildman–Crippen MR) is 100 cm³/mol. The van der Waals surface area contributed by atoms with Crippen molar-refractivity contribution in [2.45, 2.75) is 41.0 Å². The highest BCUT2D eigenvalue weighted by atomic mass is 16.2. The molecule has 5 nitrogen and oxygen atoms in total. The van der Waals surface area contributed by atoms with Gasteiger partial charge in [0.25, 0.3) is 0 Å². The second kappa shape index (κ2) is 9.96. The first-order valence-corrected chi connectivity index (χ1v) is 8.78. The molecule has 1 aromatic rings. The third kappa shape index (κ3) is 6.22. The summed E-state index contributed by atoms with van der Waals surface area (Å²) in [6.07, 6.45) is 0.310. The zero-order valence-electron chi connectivity index (χ0n) is 15.6. The predicted octanol–water partition coefficient (Wildman–Crippen LogP) is 3.05. The van der Waals surface area contributed by atoms with E-state index in [0.29, 0.717) is 25.4 Å². The van der Waals surface area contributed by atoms with E-state index in [1.54, 1.807) is 4.90 Å². The van der Waals surface area contributed by atoms with E-state index in [4.69, 9.17) is 0 Å². The molecule has 5 heteroatoms. The number of carbonyl (C=O) groups excluding carboxylic acids is 2. The van der Waals surface area contributed by atoms with E-state index in [-0.39, 0.29) is 11.8 Å². The third-order valence-electron chi connectivity index (χ3n) is 3.94. The van der Waals surface area contributed by atoms with Crippen molar-refractivity contribution in [3.8, 4) is 0 Å². The van der Waals surface area contributed by atoms with Crippen LogP contribution in [0.3, 0.4) is 0 Å². The molecule has 0 aliphatic carbocycles. The lowest BCUT2D eigenvalue weighted by Gasteiger charge is -2.24. The van der Waals surface area contributed by atoms with Crippen molar-refractivity contribution in [2.75, 3.05) is 36.0 Å². The van der Waals surface area contributed by atoms with Crippen LogP contribution in [0.25, 0.3) is 0 Å². The maximum atomic E-state index is 11.9. The maximum Gasteiger partial charge on any atom is 0.223 e. The molecule has 0 bridgehead atoms. The molecule has 0 saturated heterocycles. The molecule has 0 aliphatic rings. The number of rotatable bonds is 9. The molecule has 0 aliphatic heterocycles. The number of anilines is 2. The lowest BCUT2D eigenvalue weighted by Crippen LogP contribution is -2.35. The quantitative estimate of drug-likeness (QED) is 0.756. The van der Waals surface area contributed by atoms with Gasteiger partial charge in [0.2, 0.25) is 11.8 Å². The lowest BCUT2D eigenvalue weighted by atomic mass is 10.2. The molecule has 1 N–H and O–H groups in total. The summed E-state index contributed by atoms with van der Waals surface area (Å²) in [5.41, 5.74) is 1.97. The smallest absolute Gasteiger partial charge is 0.223 e. The Labute approximate surface area is 146 Å². The summed E-state index contributed by atoms with van der Waals surface area (Å²) in [7, 11) is 0. The maximum absolute atomic E-state index is 11.9. The molecule has 0 spiro atoms. The number of hydrogen-bond acceptors (Lipinski definition) is 3. The van der Waals surface area contributed by atoms with Crippen molar-refractivity contribution in [1.29, 1.82) is 0 Å². The summed E-state index contributed by atoms with van der Waals surface area (Å²) in [5.74, 6) is 0.349. The lowest BCUT2D eigenvalue weighted by molar-refractivity contribution is -0.121. The Morgan fingerprint density at radius 1 is 1.04 bits per heavy atom. The molecule has 0 aromatic heterocycles. The van der Waals surface area contributed by atoms with E-state index < -0.39 is 0 Å². The Hall–Kier alpha value is -2.04. The Morgan fingerprint density at radius 2 is 1.58 bits per heavy atom. The third-order valence-corrected chi connectivity index (χ3v) is 3.94. The van der Waals surface area contributed by atoms with Gasteiger partial charge in [-0.3, -0.25) is 9.59 Å². The number of hydrogen-bond donors (Lipinski definition) is 1. The van der Waals surface area contributed by atoms with Crippen molar-refractivity contribution in [3.05, 3.63) is 24.3 Å². The standard InChI is InChI=1S/C19H31N3O2/c1-6-21(7-2)17-8-10-18(11-9-17)22(16(5)23)13-12-19(24)20-14-15(3)4/h8-11,15H,6-7,12-14H2,1-5H3,(H,20,24). The molecule has 2 amide bonds. The molecular weight excluding hydrogens is 302 g/mol. The number of amides is 2. The fourth-order valence-electron chi connectivity index (χ4n) is 2.52. The van der Waals surface area contributed by atoms with Crippen LogP contribution in [-0.2, 0) is 9.59 Å². The first kappa shape index (κ1) is 20.0. The van der Waals surface area contributed by atoms with Gasteiger partial charge >= 0.3 is 0 Å². The van der Waals surface area contributed by atoms with Crippen LogP contribution in [0.1, 0.15) is 41.0 Å². The first-order valence-electron chi connectivity index (χ1n) is 8.78. The van der Waals surface area contributed by atoms with Crippen LogP contribution in [-0.4, -0.2) is 38.0 Å². The molecule has 134 valence electrons. The topological polar surface area (TPSA) is 52.6 Å². The van der Waals surface area contributed by atoms with E-state index in [9.17, 15) is 9.59 Å². The Morgan fingerprint density at radius 3 is 2.04 bits per heavy atom. The van der Waals surface area contributed by atoms with Crippen LogP contribution in [0.2, 0.25) is 0 Å². The zero-order chi connectivity index (χ0) is 18.1. The molecule has 24 heavy (non-hydrogen) atoms. The zero-order valence-corrected chi connectivity index (χ0v) is 15.6. The van der Waals surface area contributed by atoms with Gasteiger partial charge in [0.05, 0.1) is 0 Å². The second-order valence-electron chi connectivity index (χ2n) is 6.31. The largest absolute Gasteiger partial charge is 0.372 e. The van der Waals surface area contributed by atoms with Crippen molar-refractivity contribution in [2.24, 2.45) is 5.92 Å². The highest BCUT2D eigenvalue weighted by Gasteiger charge is 2.14. The molecular formula is C19H31N3O2. The monoisotopic (exact) mass is 333 g/mol. The fraction of sp³-hybridized carbons (Fsp3) is 0.579. The van der Waals surface area contributed by atoms with Crippen LogP contribution in [0.15, 0.2) is 24.3 Å². The SMILES string of the molecule is CCN(CC)c1ccc(N(CCC(=O)NCC(C)C)C(C)=O)cc1. The first-order chi connectivity index (χ1) is 11.4. The second-order valence-corrected chi connectivity index (χ2v) is 6.31. The number of carbonyl (C=O) groups is 2. The van der Waals surface area contributed by atoms with Crippen molar-refractivity contribution >= 4 is 23.2 Å². The minimum absolute atomic E-state index is 0.0188. The van der Waals surface area contributed by atoms with Crippen LogP contribution in [0.4, 0.5) is 11.4 Å². The van der Waals surface area contributed by atoms with Gasteiger partial charge in [-0.15, -0.1) is 0 Å². The van der Waals surface area contributed by atoms with E-state index in [0.717, 1.165) is 24.5 Å². The van der Waals surface area contributed by atoms with Crippen LogP contribution >= 0.6 is 0 Å². The molecule has 0 unspecified atom stereocenters. The van der Waals surface area contributed by atoms with Crippen molar-refractivity contribution in [1.82, 2.24) is 5.32 Å². The molecule has 0 atom stereocenters. The summed E-state index contributed by atoms with van der Waals surface area (Å²) < 4.78 is 0. The average molecular weight is 333 g/mol. The van der Waals surface area contributed by atoms with Crippen LogP contribution in [0, 0.1) is 5.92 Å². The summed E-state index contributed by atoms with van der Waals surface area (Å²) in [5, 5.41) is 2.88. The van der Waals surface area contributed by atoms with Crippen molar-refractivity contribution < 1.29 is 9.59 Å². The van der Waals surface area contributed by atoms with E-state index in [2.05, 4.69) is 37.9 Å².